The quantitative estimate of drug-likeness (QED) is 0.557. The average molecular weight is 395 g/mol. The molecule has 0 aliphatic carbocycles. The van der Waals surface area contributed by atoms with Gasteiger partial charge in [-0.3, -0.25) is 4.79 Å². The van der Waals surface area contributed by atoms with E-state index in [1.807, 2.05) is 0 Å². The number of fused-ring (bicyclic) bond motifs is 2. The summed E-state index contributed by atoms with van der Waals surface area (Å²) in [6.07, 6.45) is -4.68. The van der Waals surface area contributed by atoms with Crippen LogP contribution >= 0.6 is 11.6 Å². The van der Waals surface area contributed by atoms with Gasteiger partial charge in [-0.05, 0) is 36.4 Å². The van der Waals surface area contributed by atoms with Crippen LogP contribution in [0.1, 0.15) is 11.4 Å². The summed E-state index contributed by atoms with van der Waals surface area (Å²) in [5, 5.41) is 14.5. The molecule has 0 saturated carbocycles. The third-order valence-electron chi connectivity index (χ3n) is 3.86. The highest BCUT2D eigenvalue weighted by molar-refractivity contribution is 6.31. The molecule has 0 atom stereocenters. The lowest BCUT2D eigenvalue weighted by Gasteiger charge is -2.08. The first-order valence-corrected chi connectivity index (χ1v) is 8.04. The molecule has 0 saturated heterocycles. The highest BCUT2D eigenvalue weighted by Gasteiger charge is 2.37. The second-order valence-corrected chi connectivity index (χ2v) is 6.16. The number of halogens is 4. The van der Waals surface area contributed by atoms with E-state index in [1.54, 1.807) is 24.3 Å². The Morgan fingerprint density at radius 3 is 2.74 bits per heavy atom. The van der Waals surface area contributed by atoms with Crippen LogP contribution in [-0.4, -0.2) is 24.8 Å². The molecule has 0 unspecified atom stereocenters. The zero-order chi connectivity index (χ0) is 19.2. The van der Waals surface area contributed by atoms with E-state index in [-0.39, 0.29) is 23.6 Å². The summed E-state index contributed by atoms with van der Waals surface area (Å²) in [5.74, 6) is -1.09. The highest BCUT2D eigenvalue weighted by atomic mass is 35.5. The van der Waals surface area contributed by atoms with Crippen molar-refractivity contribution in [2.45, 2.75) is 12.7 Å². The van der Waals surface area contributed by atoms with Crippen LogP contribution in [0.25, 0.3) is 16.6 Å². The number of hydrogen-bond acceptors (Lipinski definition) is 5. The van der Waals surface area contributed by atoms with Crippen molar-refractivity contribution in [3.05, 3.63) is 63.2 Å². The molecule has 0 amide bonds. The molecule has 11 heteroatoms. The summed E-state index contributed by atoms with van der Waals surface area (Å²) < 4.78 is 39.4. The summed E-state index contributed by atoms with van der Waals surface area (Å²) in [7, 11) is 0. The van der Waals surface area contributed by atoms with E-state index in [4.69, 9.17) is 11.6 Å². The van der Waals surface area contributed by atoms with E-state index in [9.17, 15) is 18.0 Å². The Kier molecular flexibility index (Phi) is 3.99. The smallest absolute Gasteiger partial charge is 0.364 e. The van der Waals surface area contributed by atoms with Gasteiger partial charge in [0.05, 0.1) is 0 Å². The molecule has 0 radical (unpaired) electrons. The monoisotopic (exact) mass is 394 g/mol. The Hall–Kier alpha value is -3.14. The number of nitrogens with zero attached hydrogens (tertiary/aromatic N) is 4. The van der Waals surface area contributed by atoms with Crippen molar-refractivity contribution in [1.29, 1.82) is 0 Å². The third kappa shape index (κ3) is 3.31. The zero-order valence-electron chi connectivity index (χ0n) is 13.4. The molecule has 3 aromatic heterocycles. The number of benzene rings is 1. The van der Waals surface area contributed by atoms with Gasteiger partial charge >= 0.3 is 6.18 Å². The van der Waals surface area contributed by atoms with Gasteiger partial charge in [0.25, 0.3) is 11.4 Å². The number of anilines is 1. The summed E-state index contributed by atoms with van der Waals surface area (Å²) in [4.78, 5) is 14.9. The molecule has 0 aliphatic heterocycles. The van der Waals surface area contributed by atoms with E-state index in [0.717, 1.165) is 5.39 Å². The second-order valence-electron chi connectivity index (χ2n) is 5.72. The normalized spacial score (nSPS) is 12.0. The van der Waals surface area contributed by atoms with E-state index in [2.05, 4.69) is 25.6 Å². The number of hydrogen-bond donors (Lipinski definition) is 2. The minimum atomic E-state index is -4.68. The maximum atomic E-state index is 12.9. The molecule has 0 spiro atoms. The molecule has 138 valence electrons. The number of pyridine rings is 1. The molecule has 3 heterocycles. The average Bonchev–Trinajstić information content (AvgIpc) is 3.04. The lowest BCUT2D eigenvalue weighted by atomic mass is 10.1. The maximum absolute atomic E-state index is 12.9. The predicted octanol–water partition coefficient (Wildman–Crippen LogP) is 3.25. The lowest BCUT2D eigenvalue weighted by Crippen LogP contribution is -2.17. The zero-order valence-corrected chi connectivity index (χ0v) is 14.1. The van der Waals surface area contributed by atoms with Crippen LogP contribution in [0.15, 0.2) is 41.2 Å². The maximum Gasteiger partial charge on any atom is 0.453 e. The Bertz CT molecular complexity index is 1220. The van der Waals surface area contributed by atoms with Crippen molar-refractivity contribution in [1.82, 2.24) is 24.8 Å². The molecule has 0 fully saturated rings. The summed E-state index contributed by atoms with van der Waals surface area (Å²) >= 11 is 5.96. The molecule has 4 aromatic rings. The van der Waals surface area contributed by atoms with Crippen molar-refractivity contribution in [3.8, 4) is 0 Å². The van der Waals surface area contributed by atoms with Gasteiger partial charge in [0.2, 0.25) is 0 Å². The fourth-order valence-corrected chi connectivity index (χ4v) is 2.78. The minimum absolute atomic E-state index is 0.0360. The molecule has 0 aliphatic rings. The molecule has 2 N–H and O–H groups in total. The van der Waals surface area contributed by atoms with Gasteiger partial charge in [0, 0.05) is 28.0 Å². The van der Waals surface area contributed by atoms with Crippen molar-refractivity contribution >= 4 is 34.0 Å². The van der Waals surface area contributed by atoms with Crippen LogP contribution in [0.3, 0.4) is 0 Å². The van der Waals surface area contributed by atoms with Crippen molar-refractivity contribution in [3.63, 3.8) is 0 Å². The van der Waals surface area contributed by atoms with E-state index < -0.39 is 12.0 Å². The van der Waals surface area contributed by atoms with E-state index >= 15 is 0 Å². The van der Waals surface area contributed by atoms with Gasteiger partial charge < -0.3 is 10.3 Å². The number of alkyl halides is 3. The van der Waals surface area contributed by atoms with Gasteiger partial charge in [-0.1, -0.05) is 11.6 Å². The Labute approximate surface area is 153 Å². The fourth-order valence-electron chi connectivity index (χ4n) is 2.60. The standard InChI is InChI=1S/C16H10ClF3N6O/c17-10-1-2-11-8(6-10)5-9(14(27)22-11)7-21-12-3-4-13-23-24-15(16(18,19)20)26(13)25-12/h1-6H,7H2,(H,21,25)(H,22,27). The first-order valence-electron chi connectivity index (χ1n) is 7.66. The summed E-state index contributed by atoms with van der Waals surface area (Å²) in [6.45, 7) is 0.0553. The van der Waals surface area contributed by atoms with Gasteiger partial charge in [-0.25, -0.2) is 0 Å². The van der Waals surface area contributed by atoms with Crippen molar-refractivity contribution in [2.75, 3.05) is 5.32 Å². The van der Waals surface area contributed by atoms with Crippen LogP contribution in [0.5, 0.6) is 0 Å². The molecule has 0 bridgehead atoms. The molecule has 27 heavy (non-hydrogen) atoms. The minimum Gasteiger partial charge on any atom is -0.364 e. The number of rotatable bonds is 3. The first-order chi connectivity index (χ1) is 12.8. The molecule has 7 nitrogen and oxygen atoms in total. The van der Waals surface area contributed by atoms with Crippen LogP contribution in [-0.2, 0) is 12.7 Å². The van der Waals surface area contributed by atoms with Gasteiger partial charge in [0.1, 0.15) is 5.82 Å². The topological polar surface area (TPSA) is 88.0 Å². The third-order valence-corrected chi connectivity index (χ3v) is 4.09. The number of nitrogens with one attached hydrogen (secondary N) is 2. The predicted molar refractivity (Wildman–Crippen MR) is 92.7 cm³/mol. The SMILES string of the molecule is O=c1[nH]c2ccc(Cl)cc2cc1CNc1ccc2nnc(C(F)(F)F)n2n1. The lowest BCUT2D eigenvalue weighted by molar-refractivity contribution is -0.146. The van der Waals surface area contributed by atoms with Gasteiger partial charge in [-0.2, -0.15) is 17.7 Å². The van der Waals surface area contributed by atoms with Crippen LogP contribution in [0.2, 0.25) is 5.02 Å². The molecule has 4 rings (SSSR count). The highest BCUT2D eigenvalue weighted by Crippen LogP contribution is 2.27. The van der Waals surface area contributed by atoms with Gasteiger partial charge in [0.15, 0.2) is 5.65 Å². The number of H-pyrrole nitrogens is 1. The molecular weight excluding hydrogens is 385 g/mol. The Morgan fingerprint density at radius 2 is 1.96 bits per heavy atom. The Morgan fingerprint density at radius 1 is 1.15 bits per heavy atom. The van der Waals surface area contributed by atoms with E-state index in [0.29, 0.717) is 20.6 Å². The van der Waals surface area contributed by atoms with Crippen LogP contribution in [0, 0.1) is 0 Å². The summed E-state index contributed by atoms with van der Waals surface area (Å²) in [5.41, 5.74) is 0.656. The molecular formula is C16H10ClF3N6O. The first kappa shape index (κ1) is 17.3. The van der Waals surface area contributed by atoms with Crippen LogP contribution < -0.4 is 10.9 Å². The number of aromatic amines is 1. The summed E-state index contributed by atoms with van der Waals surface area (Å²) in [6, 6.07) is 9.52. The van der Waals surface area contributed by atoms with Crippen molar-refractivity contribution < 1.29 is 13.2 Å². The largest absolute Gasteiger partial charge is 0.453 e. The second kappa shape index (κ2) is 6.23. The molecule has 1 aromatic carbocycles. The fraction of sp³-hybridized carbons (Fsp3) is 0.125. The van der Waals surface area contributed by atoms with Gasteiger partial charge in [-0.15, -0.1) is 15.3 Å². The number of aromatic nitrogens is 5. The van der Waals surface area contributed by atoms with Crippen molar-refractivity contribution in [2.24, 2.45) is 0 Å². The Balaban J connectivity index is 1.64. The van der Waals surface area contributed by atoms with Crippen LogP contribution in [0.4, 0.5) is 19.0 Å². The van der Waals surface area contributed by atoms with E-state index in [1.165, 1.54) is 12.1 Å².